The number of nitrogens with one attached hydrogen (secondary N) is 2. The van der Waals surface area contributed by atoms with Crippen LogP contribution in [0.2, 0.25) is 0 Å². The van der Waals surface area contributed by atoms with Gasteiger partial charge in [0, 0.05) is 11.1 Å². The first-order valence-electron chi connectivity index (χ1n) is 12.9. The molecule has 12 nitrogen and oxygen atoms in total. The lowest BCUT2D eigenvalue weighted by Crippen LogP contribution is -2.52. The molecular weight excluding hydrogens is 522 g/mol. The third-order valence-corrected chi connectivity index (χ3v) is 6.46. The molecule has 6 N–H and O–H groups in total. The van der Waals surface area contributed by atoms with Gasteiger partial charge in [-0.05, 0) is 49.9 Å². The molecule has 0 aliphatic carbocycles. The molecule has 0 bridgehead atoms. The first-order chi connectivity index (χ1) is 19.1. The lowest BCUT2D eigenvalue weighted by molar-refractivity contribution is -0.140. The zero-order valence-corrected chi connectivity index (χ0v) is 21.7. The molecule has 2 fully saturated rings. The quantitative estimate of drug-likeness (QED) is 0.256. The van der Waals surface area contributed by atoms with E-state index in [1.165, 1.54) is 0 Å². The number of carboxylic acids is 2. The third-order valence-electron chi connectivity index (χ3n) is 6.46. The van der Waals surface area contributed by atoms with Gasteiger partial charge >= 0.3 is 26.2 Å². The number of hydrogen-bond acceptors (Lipinski definition) is 8. The Morgan fingerprint density at radius 3 is 1.30 bits per heavy atom. The lowest BCUT2D eigenvalue weighted by atomic mass is 9.72. The van der Waals surface area contributed by atoms with Crippen LogP contribution in [0.15, 0.2) is 60.7 Å². The van der Waals surface area contributed by atoms with E-state index in [0.29, 0.717) is 36.8 Å². The summed E-state index contributed by atoms with van der Waals surface area (Å²) in [4.78, 5) is 45.1. The molecule has 40 heavy (non-hydrogen) atoms. The van der Waals surface area contributed by atoms with E-state index < -0.39 is 50.3 Å². The molecule has 0 unspecified atom stereocenters. The molecule has 2 saturated heterocycles. The van der Waals surface area contributed by atoms with E-state index in [0.717, 1.165) is 0 Å². The van der Waals surface area contributed by atoms with Gasteiger partial charge in [-0.2, -0.15) is 0 Å². The van der Waals surface area contributed by atoms with Crippen LogP contribution in [0.25, 0.3) is 0 Å². The number of aliphatic carboxylic acids is 2. The van der Waals surface area contributed by atoms with Gasteiger partial charge in [0.1, 0.15) is 0 Å². The van der Waals surface area contributed by atoms with Crippen molar-refractivity contribution in [3.05, 3.63) is 71.8 Å². The van der Waals surface area contributed by atoms with E-state index in [-0.39, 0.29) is 24.7 Å². The van der Waals surface area contributed by atoms with Gasteiger partial charge < -0.3 is 40.2 Å². The van der Waals surface area contributed by atoms with Gasteiger partial charge in [-0.1, -0.05) is 36.4 Å². The Hall–Kier alpha value is -3.71. The van der Waals surface area contributed by atoms with Crippen LogP contribution < -0.4 is 10.6 Å². The summed E-state index contributed by atoms with van der Waals surface area (Å²) in [7, 11) is -2.36. The van der Waals surface area contributed by atoms with Crippen molar-refractivity contribution in [3.8, 4) is 0 Å². The molecule has 0 spiro atoms. The first kappa shape index (κ1) is 30.8. The highest BCUT2D eigenvalue weighted by Gasteiger charge is 2.37. The molecule has 14 heteroatoms. The molecule has 2 aliphatic rings. The second-order valence-electron chi connectivity index (χ2n) is 9.54. The summed E-state index contributed by atoms with van der Waals surface area (Å²) >= 11 is 0. The maximum absolute atomic E-state index is 11.9. The monoisotopic (exact) mass is 554 g/mol. The standard InChI is InChI=1S/2C13H16BNO5/c2*16-12(17)8-10-6-7-11(14(19)20-10)15-13(18)9-4-2-1-3-5-9/h2*1-5,10-11,19H,6-8H2,(H,15,18)(H,16,17)/t2*10-,11-/m00/s1. The van der Waals surface area contributed by atoms with Crippen molar-refractivity contribution in [2.75, 3.05) is 0 Å². The summed E-state index contributed by atoms with van der Waals surface area (Å²) in [5, 5.41) is 42.4. The smallest absolute Gasteiger partial charge is 0.478 e. The van der Waals surface area contributed by atoms with E-state index in [2.05, 4.69) is 10.6 Å². The minimum Gasteiger partial charge on any atom is -0.481 e. The van der Waals surface area contributed by atoms with Gasteiger partial charge in [0.15, 0.2) is 0 Å². The lowest BCUT2D eigenvalue weighted by Gasteiger charge is -2.30. The number of carbonyl (C=O) groups is 4. The fourth-order valence-electron chi connectivity index (χ4n) is 4.40. The van der Waals surface area contributed by atoms with Crippen molar-refractivity contribution in [3.63, 3.8) is 0 Å². The average Bonchev–Trinajstić information content (AvgIpc) is 2.92. The number of amides is 2. The highest BCUT2D eigenvalue weighted by atomic mass is 16.5. The Labute approximate surface area is 232 Å². The highest BCUT2D eigenvalue weighted by molar-refractivity contribution is 6.46. The zero-order valence-electron chi connectivity index (χ0n) is 21.7. The number of hydrogen-bond donors (Lipinski definition) is 6. The van der Waals surface area contributed by atoms with Gasteiger partial charge in [0.2, 0.25) is 0 Å². The van der Waals surface area contributed by atoms with Crippen LogP contribution in [-0.2, 0) is 18.9 Å². The Kier molecular flexibility index (Phi) is 11.7. The SMILES string of the molecule is O=C(O)C[C@@H]1CC[C@H](NC(=O)c2ccccc2)B(O)O1.O=C(O)C[C@@H]1CC[C@H](NC(=O)c2ccccc2)B(O)O1. The topological polar surface area (TPSA) is 192 Å². The van der Waals surface area contributed by atoms with Crippen LogP contribution in [0.4, 0.5) is 0 Å². The van der Waals surface area contributed by atoms with E-state index >= 15 is 0 Å². The molecule has 0 saturated carbocycles. The van der Waals surface area contributed by atoms with E-state index in [4.69, 9.17) is 19.5 Å². The second kappa shape index (κ2) is 15.2. The maximum Gasteiger partial charge on any atom is 0.478 e. The van der Waals surface area contributed by atoms with Crippen LogP contribution in [0, 0.1) is 0 Å². The minimum atomic E-state index is -1.18. The summed E-state index contributed by atoms with van der Waals surface area (Å²) in [5.41, 5.74) is 1.01. The van der Waals surface area contributed by atoms with Crippen LogP contribution in [0.3, 0.4) is 0 Å². The van der Waals surface area contributed by atoms with E-state index in [9.17, 15) is 29.2 Å². The van der Waals surface area contributed by atoms with Crippen LogP contribution >= 0.6 is 0 Å². The molecule has 2 aliphatic heterocycles. The zero-order chi connectivity index (χ0) is 29.1. The summed E-state index contributed by atoms with van der Waals surface area (Å²) in [6.45, 7) is 0. The molecule has 2 aromatic rings. The highest BCUT2D eigenvalue weighted by Crippen LogP contribution is 2.20. The number of carbonyl (C=O) groups excluding carboxylic acids is 2. The van der Waals surface area contributed by atoms with Crippen LogP contribution in [0.5, 0.6) is 0 Å². The van der Waals surface area contributed by atoms with Gasteiger partial charge in [-0.25, -0.2) is 0 Å². The van der Waals surface area contributed by atoms with Crippen molar-refractivity contribution < 1.29 is 48.7 Å². The van der Waals surface area contributed by atoms with Gasteiger partial charge in [0.05, 0.1) is 36.9 Å². The molecule has 0 aromatic heterocycles. The summed E-state index contributed by atoms with van der Waals surface area (Å²) in [6.07, 6.45) is 0.647. The normalized spacial score (nSPS) is 22.4. The van der Waals surface area contributed by atoms with Gasteiger partial charge in [-0.3, -0.25) is 19.2 Å². The number of carboxylic acid groups (broad SMARTS) is 2. The number of rotatable bonds is 8. The van der Waals surface area contributed by atoms with E-state index in [1.807, 2.05) is 12.1 Å². The number of benzene rings is 2. The van der Waals surface area contributed by atoms with Crippen molar-refractivity contribution in [1.82, 2.24) is 10.6 Å². The summed E-state index contributed by atoms with van der Waals surface area (Å²) in [5.74, 6) is -3.53. The van der Waals surface area contributed by atoms with Gasteiger partial charge in [0.25, 0.3) is 11.8 Å². The Balaban J connectivity index is 0.000000220. The summed E-state index contributed by atoms with van der Waals surface area (Å²) < 4.78 is 10.4. The molecule has 2 heterocycles. The molecule has 2 amide bonds. The van der Waals surface area contributed by atoms with Crippen molar-refractivity contribution in [2.45, 2.75) is 62.6 Å². The molecule has 4 rings (SSSR count). The van der Waals surface area contributed by atoms with Crippen LogP contribution in [0.1, 0.15) is 59.2 Å². The van der Waals surface area contributed by atoms with Crippen molar-refractivity contribution in [2.24, 2.45) is 0 Å². The predicted molar refractivity (Wildman–Crippen MR) is 144 cm³/mol. The Bertz CT molecular complexity index is 1050. The Morgan fingerprint density at radius 2 is 1.00 bits per heavy atom. The first-order valence-corrected chi connectivity index (χ1v) is 12.9. The molecule has 212 valence electrons. The average molecular weight is 554 g/mol. The van der Waals surface area contributed by atoms with Gasteiger partial charge in [-0.15, -0.1) is 0 Å². The molecule has 0 radical (unpaired) electrons. The minimum absolute atomic E-state index is 0.142. The van der Waals surface area contributed by atoms with Crippen molar-refractivity contribution in [1.29, 1.82) is 0 Å². The molecule has 4 atom stereocenters. The predicted octanol–water partition coefficient (Wildman–Crippen LogP) is 0.917. The molecule has 2 aromatic carbocycles. The second-order valence-corrected chi connectivity index (χ2v) is 9.54. The Morgan fingerprint density at radius 1 is 0.650 bits per heavy atom. The van der Waals surface area contributed by atoms with Crippen LogP contribution in [-0.4, -0.2) is 82.3 Å². The fourth-order valence-corrected chi connectivity index (χ4v) is 4.40. The maximum atomic E-state index is 11.9. The molecular formula is C26H32B2N2O10. The fraction of sp³-hybridized carbons (Fsp3) is 0.385. The largest absolute Gasteiger partial charge is 0.481 e. The summed E-state index contributed by atoms with van der Waals surface area (Å²) in [6, 6.07) is 17.4. The van der Waals surface area contributed by atoms with Crippen molar-refractivity contribution >= 4 is 38.0 Å². The third kappa shape index (κ3) is 9.79. The van der Waals surface area contributed by atoms with E-state index in [1.54, 1.807) is 48.5 Å².